The van der Waals surface area contributed by atoms with Crippen LogP contribution in [0.5, 0.6) is 0 Å². The fraction of sp³-hybridized carbons (Fsp3) is 0.0455. The normalized spacial score (nSPS) is 15.0. The molecule has 6 nitrogen and oxygen atoms in total. The van der Waals surface area contributed by atoms with Gasteiger partial charge in [-0.05, 0) is 42.0 Å². The number of rotatable bonds is 5. The number of aromatic carboxylic acids is 1. The minimum Gasteiger partial charge on any atom is -0.478 e. The van der Waals surface area contributed by atoms with Crippen molar-refractivity contribution < 1.29 is 19.1 Å². The van der Waals surface area contributed by atoms with E-state index < -0.39 is 5.97 Å². The molecule has 2 N–H and O–H groups in total. The minimum absolute atomic E-state index is 0.204. The van der Waals surface area contributed by atoms with Crippen molar-refractivity contribution in [3.63, 3.8) is 0 Å². The SMILES string of the molecule is O=C(O)c1ccc(-c2ccc(/C=C3\NC(=S)N(Cc4ccccc4)C3=O)o2)cc1. The summed E-state index contributed by atoms with van der Waals surface area (Å²) in [5.41, 5.74) is 2.27. The highest BCUT2D eigenvalue weighted by molar-refractivity contribution is 7.80. The molecule has 1 amide bonds. The molecule has 0 unspecified atom stereocenters. The smallest absolute Gasteiger partial charge is 0.335 e. The van der Waals surface area contributed by atoms with Crippen molar-refractivity contribution in [2.75, 3.05) is 0 Å². The van der Waals surface area contributed by atoms with Crippen LogP contribution in [0.4, 0.5) is 0 Å². The molecule has 1 aliphatic rings. The van der Waals surface area contributed by atoms with E-state index in [9.17, 15) is 9.59 Å². The summed E-state index contributed by atoms with van der Waals surface area (Å²) in [5, 5.41) is 12.3. The molecular weight excluding hydrogens is 388 g/mol. The molecule has 0 spiro atoms. The molecular formula is C22H16N2O4S. The number of hydrogen-bond donors (Lipinski definition) is 2. The van der Waals surface area contributed by atoms with E-state index in [-0.39, 0.29) is 11.5 Å². The van der Waals surface area contributed by atoms with Crippen molar-refractivity contribution in [3.05, 3.63) is 89.3 Å². The second-order valence-electron chi connectivity index (χ2n) is 6.45. The zero-order valence-corrected chi connectivity index (χ0v) is 16.0. The number of nitrogens with zero attached hydrogens (tertiary/aromatic N) is 1. The molecule has 7 heteroatoms. The van der Waals surface area contributed by atoms with E-state index in [2.05, 4.69) is 5.32 Å². The molecule has 1 saturated heterocycles. The number of carboxylic acids is 1. The Morgan fingerprint density at radius 2 is 1.79 bits per heavy atom. The van der Waals surface area contributed by atoms with Crippen molar-refractivity contribution in [3.8, 4) is 11.3 Å². The fourth-order valence-corrected chi connectivity index (χ4v) is 3.24. The van der Waals surface area contributed by atoms with Crippen molar-refractivity contribution >= 4 is 35.3 Å². The number of nitrogens with one attached hydrogen (secondary N) is 1. The van der Waals surface area contributed by atoms with Crippen LogP contribution in [0.3, 0.4) is 0 Å². The molecule has 1 aliphatic heterocycles. The summed E-state index contributed by atoms with van der Waals surface area (Å²) in [6, 6.07) is 19.5. The van der Waals surface area contributed by atoms with E-state index in [0.717, 1.165) is 11.1 Å². The van der Waals surface area contributed by atoms with Crippen molar-refractivity contribution in [1.82, 2.24) is 10.2 Å². The summed E-state index contributed by atoms with van der Waals surface area (Å²) in [5.74, 6) is -0.142. The molecule has 0 saturated carbocycles. The van der Waals surface area contributed by atoms with Gasteiger partial charge in [0.25, 0.3) is 5.91 Å². The number of carbonyl (C=O) groups is 2. The highest BCUT2D eigenvalue weighted by Gasteiger charge is 2.30. The van der Waals surface area contributed by atoms with E-state index in [1.165, 1.54) is 17.0 Å². The van der Waals surface area contributed by atoms with Gasteiger partial charge in [0.15, 0.2) is 5.11 Å². The maximum absolute atomic E-state index is 12.7. The highest BCUT2D eigenvalue weighted by atomic mass is 32.1. The maximum Gasteiger partial charge on any atom is 0.335 e. The Morgan fingerprint density at radius 3 is 2.48 bits per heavy atom. The van der Waals surface area contributed by atoms with Crippen molar-refractivity contribution in [2.24, 2.45) is 0 Å². The third kappa shape index (κ3) is 3.95. The molecule has 0 atom stereocenters. The monoisotopic (exact) mass is 404 g/mol. The first kappa shape index (κ1) is 18.6. The first-order chi connectivity index (χ1) is 14.0. The topological polar surface area (TPSA) is 82.8 Å². The molecule has 2 heterocycles. The number of carboxylic acid groups (broad SMARTS) is 1. The lowest BCUT2D eigenvalue weighted by Gasteiger charge is -2.13. The number of hydrogen-bond acceptors (Lipinski definition) is 4. The third-order valence-electron chi connectivity index (χ3n) is 4.48. The van der Waals surface area contributed by atoms with Gasteiger partial charge >= 0.3 is 5.97 Å². The van der Waals surface area contributed by atoms with Gasteiger partial charge in [-0.3, -0.25) is 9.69 Å². The second kappa shape index (κ2) is 7.73. The standard InChI is InChI=1S/C22H16N2O4S/c25-20-18(23-22(29)24(20)13-14-4-2-1-3-5-14)12-17-10-11-19(28-17)15-6-8-16(9-7-15)21(26)27/h1-12H,13H2,(H,23,29)(H,26,27)/b18-12-. The number of carbonyl (C=O) groups excluding carboxylic acids is 1. The lowest BCUT2D eigenvalue weighted by atomic mass is 10.1. The Balaban J connectivity index is 1.52. The zero-order valence-electron chi connectivity index (χ0n) is 15.2. The highest BCUT2D eigenvalue weighted by Crippen LogP contribution is 2.25. The van der Waals surface area contributed by atoms with Crippen LogP contribution in [0, 0.1) is 0 Å². The summed E-state index contributed by atoms with van der Waals surface area (Å²) in [6.07, 6.45) is 1.61. The lowest BCUT2D eigenvalue weighted by Crippen LogP contribution is -2.29. The van der Waals surface area contributed by atoms with Gasteiger partial charge in [0.05, 0.1) is 12.1 Å². The summed E-state index contributed by atoms with van der Waals surface area (Å²) in [7, 11) is 0. The molecule has 29 heavy (non-hydrogen) atoms. The van der Waals surface area contributed by atoms with Gasteiger partial charge in [-0.25, -0.2) is 4.79 Å². The summed E-state index contributed by atoms with van der Waals surface area (Å²) in [6.45, 7) is 0.391. The fourth-order valence-electron chi connectivity index (χ4n) is 2.99. The maximum atomic E-state index is 12.7. The Kier molecular flexibility index (Phi) is 4.97. The molecule has 1 fully saturated rings. The average molecular weight is 404 g/mol. The number of amides is 1. The van der Waals surface area contributed by atoms with Crippen LogP contribution in [0.25, 0.3) is 17.4 Å². The Bertz CT molecular complexity index is 1120. The summed E-state index contributed by atoms with van der Waals surface area (Å²) < 4.78 is 5.79. The van der Waals surface area contributed by atoms with Gasteiger partial charge in [0.1, 0.15) is 17.2 Å². The molecule has 144 valence electrons. The van der Waals surface area contributed by atoms with E-state index in [1.807, 2.05) is 30.3 Å². The molecule has 0 bridgehead atoms. The molecule has 2 aromatic carbocycles. The molecule has 1 aromatic heterocycles. The predicted octanol–water partition coefficient (Wildman–Crippen LogP) is 3.90. The van der Waals surface area contributed by atoms with Gasteiger partial charge in [-0.15, -0.1) is 0 Å². The van der Waals surface area contributed by atoms with E-state index in [0.29, 0.717) is 28.9 Å². The minimum atomic E-state index is -0.983. The molecule has 0 radical (unpaired) electrons. The van der Waals surface area contributed by atoms with E-state index >= 15 is 0 Å². The van der Waals surface area contributed by atoms with Gasteiger partial charge in [-0.2, -0.15) is 0 Å². The Morgan fingerprint density at radius 1 is 1.07 bits per heavy atom. The van der Waals surface area contributed by atoms with Crippen LogP contribution in [-0.4, -0.2) is 27.0 Å². The van der Waals surface area contributed by atoms with Crippen LogP contribution in [0.1, 0.15) is 21.7 Å². The van der Waals surface area contributed by atoms with E-state index in [1.54, 1.807) is 30.3 Å². The van der Waals surface area contributed by atoms with Crippen LogP contribution in [0.15, 0.2) is 76.8 Å². The van der Waals surface area contributed by atoms with Crippen molar-refractivity contribution in [2.45, 2.75) is 6.54 Å². The van der Waals surface area contributed by atoms with Gasteiger partial charge in [-0.1, -0.05) is 42.5 Å². The number of furan rings is 1. The molecule has 4 rings (SSSR count). The molecule has 3 aromatic rings. The summed E-state index contributed by atoms with van der Waals surface area (Å²) >= 11 is 5.30. The Hall–Kier alpha value is -3.71. The van der Waals surface area contributed by atoms with Crippen molar-refractivity contribution in [1.29, 1.82) is 0 Å². The van der Waals surface area contributed by atoms with E-state index in [4.69, 9.17) is 21.7 Å². The van der Waals surface area contributed by atoms with Crippen LogP contribution in [-0.2, 0) is 11.3 Å². The van der Waals surface area contributed by atoms with Crippen LogP contribution in [0.2, 0.25) is 0 Å². The van der Waals surface area contributed by atoms with Gasteiger partial charge in [0.2, 0.25) is 0 Å². The predicted molar refractivity (Wildman–Crippen MR) is 112 cm³/mol. The number of benzene rings is 2. The van der Waals surface area contributed by atoms with Crippen LogP contribution >= 0.6 is 12.2 Å². The third-order valence-corrected chi connectivity index (χ3v) is 4.80. The summed E-state index contributed by atoms with van der Waals surface area (Å²) in [4.78, 5) is 25.2. The second-order valence-corrected chi connectivity index (χ2v) is 6.84. The number of thiocarbonyl (C=S) groups is 1. The first-order valence-electron chi connectivity index (χ1n) is 8.83. The van der Waals surface area contributed by atoms with Gasteiger partial charge in [0, 0.05) is 11.6 Å². The lowest BCUT2D eigenvalue weighted by molar-refractivity contribution is -0.122. The largest absolute Gasteiger partial charge is 0.478 e. The Labute approximate surface area is 172 Å². The van der Waals surface area contributed by atoms with Crippen LogP contribution < -0.4 is 5.32 Å². The average Bonchev–Trinajstić information content (AvgIpc) is 3.29. The molecule has 0 aliphatic carbocycles. The van der Waals surface area contributed by atoms with Gasteiger partial charge < -0.3 is 14.8 Å². The first-order valence-corrected chi connectivity index (χ1v) is 9.24. The zero-order chi connectivity index (χ0) is 20.4. The quantitative estimate of drug-likeness (QED) is 0.496.